The number of hydrogen-bond donors (Lipinski definition) is 1. The van der Waals surface area contributed by atoms with Crippen LogP contribution < -0.4 is 5.32 Å². The molecule has 9 heteroatoms. The zero-order chi connectivity index (χ0) is 13.9. The van der Waals surface area contributed by atoms with Gasteiger partial charge in [0.25, 0.3) is 11.7 Å². The highest BCUT2D eigenvalue weighted by molar-refractivity contribution is 5.77. The Bertz CT molecular complexity index is 736. The molecular formula is C11H9N5O4. The standard InChI is InChI=1S/C11H9N5O4/c17-16(18)7-1-2-8-9(5-7)20-11(14-8)12-4-3-10-13-6-19-15-10/h1-2,5-6H,3-4H2,(H,12,14). The van der Waals surface area contributed by atoms with Crippen molar-refractivity contribution in [2.24, 2.45) is 0 Å². The molecule has 0 fully saturated rings. The fraction of sp³-hybridized carbons (Fsp3) is 0.182. The minimum atomic E-state index is -0.481. The van der Waals surface area contributed by atoms with Crippen LogP contribution in [0.2, 0.25) is 0 Å². The summed E-state index contributed by atoms with van der Waals surface area (Å²) in [6, 6.07) is 4.56. The lowest BCUT2D eigenvalue weighted by atomic mass is 10.3. The van der Waals surface area contributed by atoms with Crippen molar-refractivity contribution in [3.8, 4) is 0 Å². The number of oxazole rings is 1. The lowest BCUT2D eigenvalue weighted by Gasteiger charge is -1.96. The van der Waals surface area contributed by atoms with Crippen LogP contribution in [0.15, 0.2) is 33.5 Å². The van der Waals surface area contributed by atoms with Crippen LogP contribution in [0.5, 0.6) is 0 Å². The third-order valence-electron chi connectivity index (χ3n) is 2.61. The Morgan fingerprint density at radius 3 is 3.05 bits per heavy atom. The number of hydrogen-bond acceptors (Lipinski definition) is 8. The van der Waals surface area contributed by atoms with Gasteiger partial charge < -0.3 is 14.3 Å². The van der Waals surface area contributed by atoms with Gasteiger partial charge in [-0.1, -0.05) is 5.16 Å². The summed E-state index contributed by atoms with van der Waals surface area (Å²) < 4.78 is 10.00. The fourth-order valence-electron chi connectivity index (χ4n) is 1.69. The van der Waals surface area contributed by atoms with E-state index >= 15 is 0 Å². The molecule has 102 valence electrons. The number of non-ortho nitro benzene ring substituents is 1. The van der Waals surface area contributed by atoms with E-state index in [1.807, 2.05) is 0 Å². The van der Waals surface area contributed by atoms with E-state index in [-0.39, 0.29) is 5.69 Å². The van der Waals surface area contributed by atoms with Crippen molar-refractivity contribution in [3.63, 3.8) is 0 Å². The van der Waals surface area contributed by atoms with Gasteiger partial charge in [0.15, 0.2) is 11.4 Å². The second-order valence-electron chi connectivity index (χ2n) is 3.95. The van der Waals surface area contributed by atoms with Crippen molar-refractivity contribution in [1.29, 1.82) is 0 Å². The average molecular weight is 275 g/mol. The Kier molecular flexibility index (Phi) is 2.99. The number of rotatable bonds is 5. The van der Waals surface area contributed by atoms with Gasteiger partial charge in [-0.25, -0.2) is 0 Å². The molecule has 2 aromatic heterocycles. The quantitative estimate of drug-likeness (QED) is 0.552. The van der Waals surface area contributed by atoms with Crippen LogP contribution in [0.4, 0.5) is 11.7 Å². The molecule has 20 heavy (non-hydrogen) atoms. The summed E-state index contributed by atoms with van der Waals surface area (Å²) in [7, 11) is 0. The van der Waals surface area contributed by atoms with Crippen LogP contribution in [0.25, 0.3) is 11.1 Å². The monoisotopic (exact) mass is 275 g/mol. The molecule has 1 N–H and O–H groups in total. The largest absolute Gasteiger partial charge is 0.423 e. The van der Waals surface area contributed by atoms with E-state index in [1.165, 1.54) is 18.5 Å². The highest BCUT2D eigenvalue weighted by Gasteiger charge is 2.11. The van der Waals surface area contributed by atoms with E-state index in [0.717, 1.165) is 0 Å². The Balaban J connectivity index is 1.70. The van der Waals surface area contributed by atoms with Gasteiger partial charge in [-0.3, -0.25) is 10.1 Å². The summed E-state index contributed by atoms with van der Waals surface area (Å²) in [6.45, 7) is 0.508. The Labute approximate surface area is 111 Å². The summed E-state index contributed by atoms with van der Waals surface area (Å²) in [4.78, 5) is 18.2. The first-order valence-corrected chi connectivity index (χ1v) is 5.76. The molecule has 0 spiro atoms. The van der Waals surface area contributed by atoms with Crippen molar-refractivity contribution in [2.75, 3.05) is 11.9 Å². The number of anilines is 1. The van der Waals surface area contributed by atoms with E-state index in [2.05, 4.69) is 25.0 Å². The topological polar surface area (TPSA) is 120 Å². The molecule has 9 nitrogen and oxygen atoms in total. The number of aromatic nitrogens is 3. The number of fused-ring (bicyclic) bond motifs is 1. The molecule has 3 aromatic rings. The fourth-order valence-corrected chi connectivity index (χ4v) is 1.69. The number of nitrogens with one attached hydrogen (secondary N) is 1. The van der Waals surface area contributed by atoms with Crippen LogP contribution in [0.1, 0.15) is 5.82 Å². The van der Waals surface area contributed by atoms with Crippen LogP contribution in [-0.2, 0) is 6.42 Å². The van der Waals surface area contributed by atoms with Crippen molar-refractivity contribution in [2.45, 2.75) is 6.42 Å². The molecule has 0 amide bonds. The highest BCUT2D eigenvalue weighted by Crippen LogP contribution is 2.23. The van der Waals surface area contributed by atoms with Gasteiger partial charge in [-0.15, -0.1) is 0 Å². The minimum Gasteiger partial charge on any atom is -0.423 e. The molecule has 0 aliphatic carbocycles. The second-order valence-corrected chi connectivity index (χ2v) is 3.95. The number of nitro benzene ring substituents is 1. The van der Waals surface area contributed by atoms with Gasteiger partial charge in [0, 0.05) is 19.0 Å². The van der Waals surface area contributed by atoms with E-state index in [1.54, 1.807) is 6.07 Å². The minimum absolute atomic E-state index is 0.0352. The molecule has 1 aromatic carbocycles. The van der Waals surface area contributed by atoms with Crippen molar-refractivity contribution in [1.82, 2.24) is 15.1 Å². The molecule has 0 saturated carbocycles. The van der Waals surface area contributed by atoms with Crippen LogP contribution >= 0.6 is 0 Å². The zero-order valence-corrected chi connectivity index (χ0v) is 10.1. The third-order valence-corrected chi connectivity index (χ3v) is 2.61. The lowest BCUT2D eigenvalue weighted by molar-refractivity contribution is -0.384. The lowest BCUT2D eigenvalue weighted by Crippen LogP contribution is -2.05. The summed E-state index contributed by atoms with van der Waals surface area (Å²) >= 11 is 0. The summed E-state index contributed by atoms with van der Waals surface area (Å²) in [5, 5.41) is 17.3. The molecule has 2 heterocycles. The SMILES string of the molecule is O=[N+]([O-])c1ccc2nc(NCCc3ncon3)oc2c1. The molecule has 0 unspecified atom stereocenters. The first kappa shape index (κ1) is 12.1. The van der Waals surface area contributed by atoms with Crippen molar-refractivity contribution in [3.05, 3.63) is 40.5 Å². The predicted molar refractivity (Wildman–Crippen MR) is 67.2 cm³/mol. The van der Waals surface area contributed by atoms with Crippen LogP contribution in [0.3, 0.4) is 0 Å². The number of nitro groups is 1. The Hall–Kier alpha value is -2.97. The summed E-state index contributed by atoms with van der Waals surface area (Å²) in [5.74, 6) is 0.573. The summed E-state index contributed by atoms with van der Waals surface area (Å²) in [5.41, 5.74) is 0.880. The van der Waals surface area contributed by atoms with Crippen molar-refractivity contribution >= 4 is 22.8 Å². The molecular weight excluding hydrogens is 266 g/mol. The van der Waals surface area contributed by atoms with Crippen LogP contribution in [-0.4, -0.2) is 26.6 Å². The van der Waals surface area contributed by atoms with E-state index in [4.69, 9.17) is 4.42 Å². The van der Waals surface area contributed by atoms with Gasteiger partial charge in [-0.05, 0) is 6.07 Å². The number of benzene rings is 1. The van der Waals surface area contributed by atoms with Gasteiger partial charge in [0.1, 0.15) is 5.52 Å². The third kappa shape index (κ3) is 2.41. The predicted octanol–water partition coefficient (Wildman–Crippen LogP) is 1.77. The first-order chi connectivity index (χ1) is 9.72. The molecule has 0 atom stereocenters. The molecule has 3 rings (SSSR count). The Morgan fingerprint density at radius 1 is 1.40 bits per heavy atom. The normalized spacial score (nSPS) is 10.8. The second kappa shape index (κ2) is 4.96. The smallest absolute Gasteiger partial charge is 0.295 e. The van der Waals surface area contributed by atoms with Gasteiger partial charge >= 0.3 is 0 Å². The van der Waals surface area contributed by atoms with Gasteiger partial charge in [0.05, 0.1) is 11.0 Å². The maximum atomic E-state index is 10.7. The number of nitrogens with zero attached hydrogens (tertiary/aromatic N) is 4. The maximum absolute atomic E-state index is 10.7. The first-order valence-electron chi connectivity index (χ1n) is 5.76. The van der Waals surface area contributed by atoms with Gasteiger partial charge in [0.2, 0.25) is 6.39 Å². The molecule has 0 saturated heterocycles. The van der Waals surface area contributed by atoms with Crippen LogP contribution in [0, 0.1) is 10.1 Å². The van der Waals surface area contributed by atoms with E-state index < -0.39 is 4.92 Å². The Morgan fingerprint density at radius 2 is 2.30 bits per heavy atom. The van der Waals surface area contributed by atoms with E-state index in [9.17, 15) is 10.1 Å². The molecule has 0 aliphatic heterocycles. The molecule has 0 aliphatic rings. The highest BCUT2D eigenvalue weighted by atomic mass is 16.6. The van der Waals surface area contributed by atoms with E-state index in [0.29, 0.717) is 35.9 Å². The summed E-state index contributed by atoms with van der Waals surface area (Å²) in [6.07, 6.45) is 1.81. The van der Waals surface area contributed by atoms with Gasteiger partial charge in [-0.2, -0.15) is 9.97 Å². The molecule has 0 radical (unpaired) electrons. The zero-order valence-electron chi connectivity index (χ0n) is 10.1. The molecule has 0 bridgehead atoms. The van der Waals surface area contributed by atoms with Crippen molar-refractivity contribution < 1.29 is 13.9 Å². The maximum Gasteiger partial charge on any atom is 0.295 e. The average Bonchev–Trinajstić information content (AvgIpc) is 3.06.